The van der Waals surface area contributed by atoms with Crippen LogP contribution in [0.15, 0.2) is 41.3 Å². The molecule has 0 fully saturated rings. The number of benzene rings is 1. The molecule has 0 atom stereocenters. The fourth-order valence-corrected chi connectivity index (χ4v) is 2.57. The number of alkyl halides is 6. The molecule has 2 aromatic heterocycles. The van der Waals surface area contributed by atoms with E-state index in [0.717, 1.165) is 12.1 Å². The van der Waals surface area contributed by atoms with Crippen molar-refractivity contribution in [2.75, 3.05) is 5.73 Å². The normalized spacial score (nSPS) is 12.1. The Morgan fingerprint density at radius 1 is 1.03 bits per heavy atom. The largest absolute Gasteiger partial charge is 0.449 e. The molecule has 0 amide bonds. The average molecular weight is 451 g/mol. The number of ether oxygens (including phenoxy) is 1. The number of nitrogens with one attached hydrogen (secondary N) is 1. The van der Waals surface area contributed by atoms with Crippen molar-refractivity contribution in [3.63, 3.8) is 0 Å². The highest BCUT2D eigenvalue weighted by molar-refractivity contribution is 6.31. The molecule has 0 aliphatic heterocycles. The Bertz CT molecular complexity index is 1160. The maximum Gasteiger partial charge on any atom is 0.437 e. The van der Waals surface area contributed by atoms with Crippen molar-refractivity contribution in [1.82, 2.24) is 15.0 Å². The van der Waals surface area contributed by atoms with Gasteiger partial charge in [0.1, 0.15) is 11.4 Å². The van der Waals surface area contributed by atoms with Crippen LogP contribution in [-0.2, 0) is 12.4 Å². The summed E-state index contributed by atoms with van der Waals surface area (Å²) in [6, 6.07) is 4.57. The van der Waals surface area contributed by atoms with Crippen LogP contribution in [0.3, 0.4) is 0 Å². The van der Waals surface area contributed by atoms with E-state index >= 15 is 0 Å². The minimum absolute atomic E-state index is 0.150. The lowest BCUT2D eigenvalue weighted by atomic mass is 10.2. The molecule has 3 aromatic rings. The summed E-state index contributed by atoms with van der Waals surface area (Å²) in [5.74, 6) is -2.59. The maximum absolute atomic E-state index is 13.5. The van der Waals surface area contributed by atoms with Crippen LogP contribution in [-0.4, -0.2) is 15.0 Å². The number of hydrogen-bond acceptors (Lipinski definition) is 5. The van der Waals surface area contributed by atoms with Crippen LogP contribution in [0.2, 0.25) is 5.02 Å². The summed E-state index contributed by atoms with van der Waals surface area (Å²) in [5, 5.41) is -0.694. The SMILES string of the molecule is Nc1ccnc(-c2nc(C(F)(F)F)c(Oc3ccc(Cl)c(C(F)(F)F)c3)c(=O)[nH]2)c1. The number of H-pyrrole nitrogens is 1. The van der Waals surface area contributed by atoms with Gasteiger partial charge in [-0.25, -0.2) is 4.98 Å². The molecule has 30 heavy (non-hydrogen) atoms. The molecule has 1 aromatic carbocycles. The van der Waals surface area contributed by atoms with Gasteiger partial charge in [-0.1, -0.05) is 11.6 Å². The number of nitrogen functional groups attached to an aromatic ring is 1. The molecule has 6 nitrogen and oxygen atoms in total. The highest BCUT2D eigenvalue weighted by Gasteiger charge is 2.39. The molecule has 3 N–H and O–H groups in total. The molecule has 0 unspecified atom stereocenters. The lowest BCUT2D eigenvalue weighted by Crippen LogP contribution is -2.21. The Hall–Kier alpha value is -3.28. The Morgan fingerprint density at radius 3 is 2.33 bits per heavy atom. The summed E-state index contributed by atoms with van der Waals surface area (Å²) in [6.45, 7) is 0. The second-order valence-electron chi connectivity index (χ2n) is 5.81. The first-order valence-corrected chi connectivity index (χ1v) is 8.22. The van der Waals surface area contributed by atoms with Gasteiger partial charge in [-0.15, -0.1) is 0 Å². The van der Waals surface area contributed by atoms with Crippen molar-refractivity contribution < 1.29 is 31.1 Å². The van der Waals surface area contributed by atoms with Crippen LogP contribution < -0.4 is 16.0 Å². The highest BCUT2D eigenvalue weighted by Crippen LogP contribution is 2.39. The Morgan fingerprint density at radius 2 is 1.73 bits per heavy atom. The highest BCUT2D eigenvalue weighted by atomic mass is 35.5. The van der Waals surface area contributed by atoms with Gasteiger partial charge in [0.2, 0.25) is 5.75 Å². The molecule has 0 bridgehead atoms. The van der Waals surface area contributed by atoms with Gasteiger partial charge in [0.15, 0.2) is 11.5 Å². The quantitative estimate of drug-likeness (QED) is 0.554. The van der Waals surface area contributed by atoms with Gasteiger partial charge in [-0.05, 0) is 30.3 Å². The third-order valence-electron chi connectivity index (χ3n) is 3.64. The zero-order chi connectivity index (χ0) is 22.3. The Balaban J connectivity index is 2.13. The Kier molecular flexibility index (Phi) is 5.37. The summed E-state index contributed by atoms with van der Waals surface area (Å²) in [4.78, 5) is 21.4. The van der Waals surface area contributed by atoms with E-state index in [9.17, 15) is 31.1 Å². The monoisotopic (exact) mass is 450 g/mol. The number of hydrogen-bond donors (Lipinski definition) is 2. The molecule has 0 saturated carbocycles. The lowest BCUT2D eigenvalue weighted by Gasteiger charge is -2.15. The average Bonchev–Trinajstić information content (AvgIpc) is 2.62. The number of pyridine rings is 1. The number of aromatic amines is 1. The molecular weight excluding hydrogens is 442 g/mol. The molecule has 3 rings (SSSR count). The van der Waals surface area contributed by atoms with E-state index in [1.807, 2.05) is 0 Å². The minimum atomic E-state index is -5.17. The van der Waals surface area contributed by atoms with E-state index in [1.54, 1.807) is 0 Å². The topological polar surface area (TPSA) is 93.9 Å². The van der Waals surface area contributed by atoms with Crippen LogP contribution in [0.4, 0.5) is 32.0 Å². The lowest BCUT2D eigenvalue weighted by molar-refractivity contribution is -0.142. The number of halogens is 7. The third kappa shape index (κ3) is 4.48. The molecule has 0 aliphatic rings. The van der Waals surface area contributed by atoms with Crippen molar-refractivity contribution in [3.8, 4) is 23.0 Å². The minimum Gasteiger partial charge on any atom is -0.449 e. The van der Waals surface area contributed by atoms with Crippen molar-refractivity contribution in [1.29, 1.82) is 0 Å². The van der Waals surface area contributed by atoms with Crippen molar-refractivity contribution in [3.05, 3.63) is 63.2 Å². The number of nitrogens with two attached hydrogens (primary N) is 1. The summed E-state index contributed by atoms with van der Waals surface area (Å²) in [6.07, 6.45) is -8.87. The van der Waals surface area contributed by atoms with E-state index in [0.29, 0.717) is 6.07 Å². The molecule has 0 aliphatic carbocycles. The molecule has 0 radical (unpaired) electrons. The molecule has 0 spiro atoms. The van der Waals surface area contributed by atoms with Crippen molar-refractivity contribution >= 4 is 17.3 Å². The van der Waals surface area contributed by atoms with Crippen LogP contribution in [0.5, 0.6) is 11.5 Å². The van der Waals surface area contributed by atoms with Crippen molar-refractivity contribution in [2.45, 2.75) is 12.4 Å². The zero-order valence-corrected chi connectivity index (χ0v) is 15.2. The van der Waals surface area contributed by atoms with Gasteiger partial charge in [-0.2, -0.15) is 26.3 Å². The predicted molar refractivity (Wildman–Crippen MR) is 94.0 cm³/mol. The Labute approximate surface area is 168 Å². The van der Waals surface area contributed by atoms with E-state index < -0.39 is 51.5 Å². The van der Waals surface area contributed by atoms with Gasteiger partial charge in [0.05, 0.1) is 10.6 Å². The number of anilines is 1. The van der Waals surface area contributed by atoms with Gasteiger partial charge >= 0.3 is 12.4 Å². The molecule has 13 heteroatoms. The third-order valence-corrected chi connectivity index (χ3v) is 3.96. The fourth-order valence-electron chi connectivity index (χ4n) is 2.35. The zero-order valence-electron chi connectivity index (χ0n) is 14.4. The summed E-state index contributed by atoms with van der Waals surface area (Å²) in [5.41, 5.74) is 1.04. The summed E-state index contributed by atoms with van der Waals surface area (Å²) >= 11 is 5.47. The van der Waals surface area contributed by atoms with Gasteiger partial charge in [-0.3, -0.25) is 9.78 Å². The number of nitrogens with zero attached hydrogens (tertiary/aromatic N) is 2. The van der Waals surface area contributed by atoms with Gasteiger partial charge in [0, 0.05) is 11.9 Å². The van der Waals surface area contributed by atoms with Crippen LogP contribution in [0, 0.1) is 0 Å². The predicted octanol–water partition coefficient (Wildman–Crippen LogP) is 4.90. The van der Waals surface area contributed by atoms with Crippen LogP contribution in [0.25, 0.3) is 11.5 Å². The van der Waals surface area contributed by atoms with Crippen LogP contribution in [0.1, 0.15) is 11.3 Å². The van der Waals surface area contributed by atoms with E-state index in [4.69, 9.17) is 22.1 Å². The van der Waals surface area contributed by atoms with E-state index in [1.165, 1.54) is 18.3 Å². The summed E-state index contributed by atoms with van der Waals surface area (Å²) < 4.78 is 84.2. The molecular formula is C17H9ClF6N4O2. The maximum atomic E-state index is 13.5. The van der Waals surface area contributed by atoms with Gasteiger partial charge in [0.25, 0.3) is 5.56 Å². The first-order valence-electron chi connectivity index (χ1n) is 7.84. The van der Waals surface area contributed by atoms with Crippen molar-refractivity contribution in [2.24, 2.45) is 0 Å². The molecule has 2 heterocycles. The second kappa shape index (κ2) is 7.52. The molecule has 0 saturated heterocycles. The standard InChI is InChI=1S/C17H9ClF6N4O2/c18-10-2-1-8(6-9(10)16(19,20)21)30-12-13(17(22,23)24)27-14(28-15(12)29)11-5-7(25)3-4-26-11/h1-6H,(H2,25,26)(H,27,28,29). The molecule has 158 valence electrons. The smallest absolute Gasteiger partial charge is 0.437 e. The first kappa shape index (κ1) is 21.4. The van der Waals surface area contributed by atoms with Crippen LogP contribution >= 0.6 is 11.6 Å². The van der Waals surface area contributed by atoms with Gasteiger partial charge < -0.3 is 15.5 Å². The fraction of sp³-hybridized carbons (Fsp3) is 0.118. The van der Waals surface area contributed by atoms with E-state index in [-0.39, 0.29) is 11.4 Å². The first-order chi connectivity index (χ1) is 13.9. The summed E-state index contributed by atoms with van der Waals surface area (Å²) in [7, 11) is 0. The number of aromatic nitrogens is 3. The second-order valence-corrected chi connectivity index (χ2v) is 6.21. The van der Waals surface area contributed by atoms with E-state index in [2.05, 4.69) is 15.0 Å². The number of rotatable bonds is 3.